The Morgan fingerprint density at radius 2 is 1.30 bits per heavy atom. The molecule has 0 unspecified atom stereocenters. The van der Waals surface area contributed by atoms with Crippen molar-refractivity contribution in [3.8, 4) is 11.1 Å². The summed E-state index contributed by atoms with van der Waals surface area (Å²) < 4.78 is 0. The van der Waals surface area contributed by atoms with Crippen molar-refractivity contribution in [3.05, 3.63) is 58.7 Å². The number of thioether (sulfide) groups is 1. The maximum Gasteiger partial charge on any atom is 0.0231 e. The predicted molar refractivity (Wildman–Crippen MR) is 88.7 cm³/mol. The normalized spacial score (nSPS) is 18.9. The molecular weight excluding hydrogens is 260 g/mol. The van der Waals surface area contributed by atoms with Crippen molar-refractivity contribution in [2.45, 2.75) is 32.1 Å². The van der Waals surface area contributed by atoms with Crippen molar-refractivity contribution in [2.75, 3.05) is 11.5 Å². The molecule has 0 aromatic heterocycles. The van der Waals surface area contributed by atoms with E-state index in [-0.39, 0.29) is 0 Å². The average Bonchev–Trinajstić information content (AvgIpc) is 2.70. The fourth-order valence-corrected chi connectivity index (χ4v) is 5.17. The topological polar surface area (TPSA) is 0 Å². The molecule has 0 bridgehead atoms. The van der Waals surface area contributed by atoms with Crippen molar-refractivity contribution in [1.29, 1.82) is 0 Å². The van der Waals surface area contributed by atoms with E-state index in [0.29, 0.717) is 5.41 Å². The van der Waals surface area contributed by atoms with Gasteiger partial charge in [-0.05, 0) is 60.4 Å². The summed E-state index contributed by atoms with van der Waals surface area (Å²) in [5, 5.41) is 0. The highest BCUT2D eigenvalue weighted by atomic mass is 32.2. The highest BCUT2D eigenvalue weighted by Gasteiger charge is 2.43. The zero-order valence-electron chi connectivity index (χ0n) is 12.2. The van der Waals surface area contributed by atoms with Crippen LogP contribution < -0.4 is 0 Å². The third-order valence-corrected chi connectivity index (χ3v) is 6.00. The molecule has 0 nitrogen and oxygen atoms in total. The molecule has 2 aromatic rings. The third kappa shape index (κ3) is 1.62. The van der Waals surface area contributed by atoms with Crippen LogP contribution in [-0.4, -0.2) is 11.5 Å². The van der Waals surface area contributed by atoms with Gasteiger partial charge in [-0.3, -0.25) is 0 Å². The maximum absolute atomic E-state index is 2.45. The van der Waals surface area contributed by atoms with Crippen LogP contribution in [0.1, 0.15) is 35.1 Å². The third-order valence-electron chi connectivity index (χ3n) is 5.02. The molecule has 1 saturated heterocycles. The Morgan fingerprint density at radius 1 is 0.800 bits per heavy atom. The fourth-order valence-electron chi connectivity index (χ4n) is 3.98. The lowest BCUT2D eigenvalue weighted by Crippen LogP contribution is -2.30. The van der Waals surface area contributed by atoms with Gasteiger partial charge in [0.25, 0.3) is 0 Å². The van der Waals surface area contributed by atoms with E-state index >= 15 is 0 Å². The SMILES string of the molecule is Cc1ccc2c(c1)C1(CCSCC1)c1cc(C)ccc1-2. The summed E-state index contributed by atoms with van der Waals surface area (Å²) in [5.74, 6) is 2.58. The van der Waals surface area contributed by atoms with Gasteiger partial charge in [0.1, 0.15) is 0 Å². The molecular formula is C19H20S. The van der Waals surface area contributed by atoms with Crippen LogP contribution in [-0.2, 0) is 5.41 Å². The molecule has 20 heavy (non-hydrogen) atoms. The van der Waals surface area contributed by atoms with Crippen LogP contribution in [0.15, 0.2) is 36.4 Å². The second kappa shape index (κ2) is 4.39. The van der Waals surface area contributed by atoms with E-state index in [4.69, 9.17) is 0 Å². The fraction of sp³-hybridized carbons (Fsp3) is 0.368. The lowest BCUT2D eigenvalue weighted by Gasteiger charge is -2.36. The summed E-state index contributed by atoms with van der Waals surface area (Å²) in [6.07, 6.45) is 2.59. The second-order valence-corrected chi connectivity index (χ2v) is 7.52. The number of rotatable bonds is 0. The zero-order valence-corrected chi connectivity index (χ0v) is 13.0. The van der Waals surface area contributed by atoms with E-state index < -0.39 is 0 Å². The summed E-state index contributed by atoms with van der Waals surface area (Å²) in [6, 6.07) is 14.1. The van der Waals surface area contributed by atoms with Crippen LogP contribution >= 0.6 is 11.8 Å². The highest BCUT2D eigenvalue weighted by molar-refractivity contribution is 7.99. The number of benzene rings is 2. The first-order chi connectivity index (χ1) is 9.71. The molecule has 0 saturated carbocycles. The van der Waals surface area contributed by atoms with Crippen LogP contribution in [0.2, 0.25) is 0 Å². The molecule has 2 aliphatic rings. The Hall–Kier alpha value is -1.21. The minimum atomic E-state index is 0.300. The summed E-state index contributed by atoms with van der Waals surface area (Å²) >= 11 is 2.11. The van der Waals surface area contributed by atoms with Crippen molar-refractivity contribution >= 4 is 11.8 Å². The largest absolute Gasteiger partial charge is 0.162 e. The van der Waals surface area contributed by atoms with Gasteiger partial charge < -0.3 is 0 Å². The molecule has 1 aliphatic carbocycles. The molecule has 1 spiro atoms. The minimum absolute atomic E-state index is 0.300. The first kappa shape index (κ1) is 12.5. The molecule has 0 amide bonds. The number of fused-ring (bicyclic) bond motifs is 5. The van der Waals surface area contributed by atoms with Gasteiger partial charge in [0.15, 0.2) is 0 Å². The molecule has 2 aromatic carbocycles. The van der Waals surface area contributed by atoms with Gasteiger partial charge in [-0.2, -0.15) is 11.8 Å². The summed E-state index contributed by atoms with van der Waals surface area (Å²) in [6.45, 7) is 4.44. The average molecular weight is 280 g/mol. The molecule has 1 heteroatoms. The van der Waals surface area contributed by atoms with Gasteiger partial charge in [0, 0.05) is 5.41 Å². The molecule has 1 aliphatic heterocycles. The quantitative estimate of drug-likeness (QED) is 0.647. The molecule has 1 heterocycles. The van der Waals surface area contributed by atoms with Crippen LogP contribution in [0, 0.1) is 13.8 Å². The smallest absolute Gasteiger partial charge is 0.0231 e. The van der Waals surface area contributed by atoms with Crippen molar-refractivity contribution in [3.63, 3.8) is 0 Å². The zero-order chi connectivity index (χ0) is 13.7. The van der Waals surface area contributed by atoms with Crippen molar-refractivity contribution < 1.29 is 0 Å². The van der Waals surface area contributed by atoms with Gasteiger partial charge in [-0.15, -0.1) is 0 Å². The van der Waals surface area contributed by atoms with E-state index in [1.165, 1.54) is 46.6 Å². The van der Waals surface area contributed by atoms with Gasteiger partial charge in [0.05, 0.1) is 0 Å². The number of hydrogen-bond acceptors (Lipinski definition) is 1. The Labute approximate surface area is 125 Å². The molecule has 4 rings (SSSR count). The first-order valence-corrected chi connectivity index (χ1v) is 8.67. The van der Waals surface area contributed by atoms with Crippen LogP contribution in [0.4, 0.5) is 0 Å². The lowest BCUT2D eigenvalue weighted by atomic mass is 9.73. The van der Waals surface area contributed by atoms with Crippen LogP contribution in [0.5, 0.6) is 0 Å². The molecule has 0 N–H and O–H groups in total. The summed E-state index contributed by atoms with van der Waals surface area (Å²) in [4.78, 5) is 0. The Morgan fingerprint density at radius 3 is 1.80 bits per heavy atom. The van der Waals surface area contributed by atoms with E-state index in [2.05, 4.69) is 62.0 Å². The monoisotopic (exact) mass is 280 g/mol. The van der Waals surface area contributed by atoms with E-state index in [9.17, 15) is 0 Å². The van der Waals surface area contributed by atoms with Gasteiger partial charge in [-0.1, -0.05) is 47.5 Å². The summed E-state index contributed by atoms with van der Waals surface area (Å²) in [7, 11) is 0. The first-order valence-electron chi connectivity index (χ1n) is 7.51. The molecule has 0 atom stereocenters. The predicted octanol–water partition coefficient (Wildman–Crippen LogP) is 5.10. The second-order valence-electron chi connectivity index (χ2n) is 6.29. The molecule has 0 radical (unpaired) electrons. The number of aryl methyl sites for hydroxylation is 2. The van der Waals surface area contributed by atoms with Gasteiger partial charge >= 0.3 is 0 Å². The van der Waals surface area contributed by atoms with Crippen LogP contribution in [0.3, 0.4) is 0 Å². The van der Waals surface area contributed by atoms with Crippen molar-refractivity contribution in [1.82, 2.24) is 0 Å². The Kier molecular flexibility index (Phi) is 2.75. The summed E-state index contributed by atoms with van der Waals surface area (Å²) in [5.41, 5.74) is 9.25. The minimum Gasteiger partial charge on any atom is -0.162 e. The van der Waals surface area contributed by atoms with Gasteiger partial charge in [0.2, 0.25) is 0 Å². The Bertz CT molecular complexity index is 625. The number of hydrogen-bond donors (Lipinski definition) is 0. The van der Waals surface area contributed by atoms with E-state index in [0.717, 1.165) is 0 Å². The van der Waals surface area contributed by atoms with E-state index in [1.807, 2.05) is 0 Å². The molecule has 1 fully saturated rings. The Balaban J connectivity index is 2.03. The van der Waals surface area contributed by atoms with E-state index in [1.54, 1.807) is 11.1 Å². The van der Waals surface area contributed by atoms with Gasteiger partial charge in [-0.25, -0.2) is 0 Å². The lowest BCUT2D eigenvalue weighted by molar-refractivity contribution is 0.487. The molecule has 102 valence electrons. The highest BCUT2D eigenvalue weighted by Crippen LogP contribution is 2.55. The maximum atomic E-state index is 2.45. The standard InChI is InChI=1S/C19H20S/c1-13-3-5-15-16-6-4-14(2)12-18(16)19(17(15)11-13)7-9-20-10-8-19/h3-6,11-12H,7-10H2,1-2H3. The van der Waals surface area contributed by atoms with Crippen LogP contribution in [0.25, 0.3) is 11.1 Å². The van der Waals surface area contributed by atoms with Crippen molar-refractivity contribution in [2.24, 2.45) is 0 Å².